The third-order valence-corrected chi connectivity index (χ3v) is 5.21. The molecule has 7 heteroatoms. The lowest BCUT2D eigenvalue weighted by molar-refractivity contribution is 0.182. The van der Waals surface area contributed by atoms with E-state index in [1.165, 1.54) is 0 Å². The van der Waals surface area contributed by atoms with Crippen molar-refractivity contribution in [3.63, 3.8) is 0 Å². The van der Waals surface area contributed by atoms with E-state index in [9.17, 15) is 14.2 Å². The minimum atomic E-state index is -3.23. The molecule has 0 radical (unpaired) electrons. The first-order valence-corrected chi connectivity index (χ1v) is 9.84. The Kier molecular flexibility index (Phi) is 7.07. The largest absolute Gasteiger partial charge is 0.392 e. The van der Waals surface area contributed by atoms with Crippen LogP contribution in [0.2, 0.25) is 0 Å². The van der Waals surface area contributed by atoms with Gasteiger partial charge in [0, 0.05) is 6.16 Å². The van der Waals surface area contributed by atoms with E-state index in [1.807, 2.05) is 0 Å². The van der Waals surface area contributed by atoms with Crippen LogP contribution in [0.3, 0.4) is 0 Å². The van der Waals surface area contributed by atoms with E-state index in [0.29, 0.717) is 0 Å². The molecule has 0 rings (SSSR count). The average Bonchev–Trinajstić information content (AvgIpc) is 1.99. The van der Waals surface area contributed by atoms with Gasteiger partial charge in [-0.05, 0) is 27.2 Å². The summed E-state index contributed by atoms with van der Waals surface area (Å²) in [5.41, 5.74) is 0. The molecule has 0 saturated heterocycles. The summed E-state index contributed by atoms with van der Waals surface area (Å²) in [6.45, 7) is 7.12. The Balaban J connectivity index is 4.40. The zero-order chi connectivity index (χ0) is 12.8. The summed E-state index contributed by atoms with van der Waals surface area (Å²) in [4.78, 5) is 0. The molecule has 0 aliphatic rings. The van der Waals surface area contributed by atoms with Crippen LogP contribution in [0.25, 0.3) is 0 Å². The normalized spacial score (nSPS) is 15.1. The predicted octanol–water partition coefficient (Wildman–Crippen LogP) is 2.24. The third kappa shape index (κ3) is 7.59. The maximum absolute atomic E-state index is 12.0. The van der Waals surface area contributed by atoms with Crippen molar-refractivity contribution in [3.8, 4) is 0 Å². The highest BCUT2D eigenvalue weighted by Crippen LogP contribution is 2.50. The molecule has 0 aliphatic carbocycles. The van der Waals surface area contributed by atoms with Crippen LogP contribution in [0.1, 0.15) is 13.8 Å². The van der Waals surface area contributed by atoms with Gasteiger partial charge in [0.2, 0.25) is 0 Å². The van der Waals surface area contributed by atoms with E-state index in [-0.39, 0.29) is 25.5 Å². The zero-order valence-corrected chi connectivity index (χ0v) is 12.2. The molecule has 0 bridgehead atoms. The summed E-state index contributed by atoms with van der Waals surface area (Å²) >= 11 is 0. The van der Waals surface area contributed by atoms with Crippen LogP contribution in [0.15, 0.2) is 0 Å². The third-order valence-electron chi connectivity index (χ3n) is 1.74. The quantitative estimate of drug-likeness (QED) is 0.686. The van der Waals surface area contributed by atoms with Gasteiger partial charge in [-0.15, -0.1) is 0 Å². The fourth-order valence-corrected chi connectivity index (χ4v) is 4.42. The molecule has 1 atom stereocenters. The summed E-state index contributed by atoms with van der Waals surface area (Å²) in [5.74, 6) is 0. The molecule has 0 fully saturated rings. The molecule has 1 unspecified atom stereocenters. The Morgan fingerprint density at radius 3 is 1.81 bits per heavy atom. The van der Waals surface area contributed by atoms with Gasteiger partial charge in [0.1, 0.15) is 0 Å². The van der Waals surface area contributed by atoms with Gasteiger partial charge in [-0.3, -0.25) is 4.57 Å². The van der Waals surface area contributed by atoms with E-state index >= 15 is 0 Å². The highest BCUT2D eigenvalue weighted by Gasteiger charge is 2.29. The summed E-state index contributed by atoms with van der Waals surface area (Å²) < 4.78 is 33.6. The second-order valence-electron chi connectivity index (χ2n) is 4.04. The lowest BCUT2D eigenvalue weighted by Crippen LogP contribution is -2.19. The first kappa shape index (κ1) is 16.3. The van der Waals surface area contributed by atoms with Gasteiger partial charge in [-0.25, -0.2) is 0 Å². The number of aliphatic hydroxyl groups excluding tert-OH is 1. The molecule has 0 aromatic rings. The smallest absolute Gasteiger partial charge is 0.333 e. The lowest BCUT2D eigenvalue weighted by atomic mass is 10.5. The van der Waals surface area contributed by atoms with Crippen LogP contribution in [0.4, 0.5) is 0 Å². The lowest BCUT2D eigenvalue weighted by Gasteiger charge is -2.20. The monoisotopic (exact) mass is 272 g/mol. The molecule has 16 heavy (non-hydrogen) atoms. The molecule has 1 N–H and O–H groups in total. The second kappa shape index (κ2) is 6.93. The van der Waals surface area contributed by atoms with Gasteiger partial charge in [-0.2, -0.15) is 0 Å². The van der Waals surface area contributed by atoms with E-state index in [2.05, 4.69) is 0 Å². The topological polar surface area (TPSA) is 72.8 Å². The Morgan fingerprint density at radius 2 is 1.50 bits per heavy atom. The summed E-state index contributed by atoms with van der Waals surface area (Å²) in [7, 11) is -5.56. The summed E-state index contributed by atoms with van der Waals surface area (Å²) in [5, 5.41) is 9.67. The zero-order valence-electron chi connectivity index (χ0n) is 10.4. The highest BCUT2D eigenvalue weighted by molar-refractivity contribution is 7.62. The summed E-state index contributed by atoms with van der Waals surface area (Å²) in [6.07, 6.45) is -0.873. The SMILES string of the molecule is CCOP(=O)(CC(O)CP(C)(C)=O)OCC. The van der Waals surface area contributed by atoms with Gasteiger partial charge in [0.05, 0.1) is 32.6 Å². The molecular weight excluding hydrogens is 250 g/mol. The molecule has 0 aromatic carbocycles. The van der Waals surface area contributed by atoms with Crippen molar-refractivity contribution in [1.29, 1.82) is 0 Å². The maximum atomic E-state index is 12.0. The Morgan fingerprint density at radius 1 is 1.06 bits per heavy atom. The fraction of sp³-hybridized carbons (Fsp3) is 1.00. The van der Waals surface area contributed by atoms with Gasteiger partial charge in [0.25, 0.3) is 0 Å². The van der Waals surface area contributed by atoms with E-state index in [0.717, 1.165) is 0 Å². The van der Waals surface area contributed by atoms with E-state index in [1.54, 1.807) is 27.2 Å². The van der Waals surface area contributed by atoms with Crippen LogP contribution in [-0.2, 0) is 18.2 Å². The molecule has 98 valence electrons. The minimum Gasteiger partial charge on any atom is -0.392 e. The molecule has 0 aliphatic heterocycles. The first-order chi connectivity index (χ1) is 7.22. The molecular formula is C9H22O5P2. The van der Waals surface area contributed by atoms with Gasteiger partial charge in [-0.1, -0.05) is 0 Å². The van der Waals surface area contributed by atoms with Gasteiger partial charge < -0.3 is 18.7 Å². The fourth-order valence-electron chi connectivity index (χ4n) is 1.36. The van der Waals surface area contributed by atoms with Crippen molar-refractivity contribution in [3.05, 3.63) is 0 Å². The van der Waals surface area contributed by atoms with Crippen molar-refractivity contribution >= 4 is 14.7 Å². The number of aliphatic hydroxyl groups is 1. The first-order valence-electron chi connectivity index (χ1n) is 5.32. The van der Waals surface area contributed by atoms with Crippen molar-refractivity contribution in [2.24, 2.45) is 0 Å². The average molecular weight is 272 g/mol. The highest BCUT2D eigenvalue weighted by atomic mass is 31.2. The van der Waals surface area contributed by atoms with E-state index < -0.39 is 20.8 Å². The van der Waals surface area contributed by atoms with Crippen LogP contribution < -0.4 is 0 Å². The molecule has 0 saturated carbocycles. The maximum Gasteiger partial charge on any atom is 0.333 e. The van der Waals surface area contributed by atoms with Crippen molar-refractivity contribution in [1.82, 2.24) is 0 Å². The molecule has 0 heterocycles. The van der Waals surface area contributed by atoms with Crippen molar-refractivity contribution in [2.75, 3.05) is 38.9 Å². The van der Waals surface area contributed by atoms with Crippen LogP contribution in [0.5, 0.6) is 0 Å². The standard InChI is InChI=1S/C9H22O5P2/c1-5-13-16(12,14-6-2)8-9(10)7-15(3,4)11/h9-10H,5-8H2,1-4H3. The van der Waals surface area contributed by atoms with Crippen LogP contribution in [0, 0.1) is 0 Å². The summed E-state index contributed by atoms with van der Waals surface area (Å²) in [6, 6.07) is 0. The Bertz CT molecular complexity index is 276. The number of hydrogen-bond donors (Lipinski definition) is 1. The second-order valence-corrected chi connectivity index (χ2v) is 9.66. The molecule has 0 amide bonds. The van der Waals surface area contributed by atoms with Crippen LogP contribution >= 0.6 is 14.7 Å². The van der Waals surface area contributed by atoms with E-state index in [4.69, 9.17) is 9.05 Å². The molecule has 5 nitrogen and oxygen atoms in total. The van der Waals surface area contributed by atoms with Crippen molar-refractivity contribution < 1.29 is 23.3 Å². The molecule has 0 aromatic heterocycles. The Hall–Kier alpha value is 0.340. The minimum absolute atomic E-state index is 0.0969. The Labute approximate surface area is 97.4 Å². The predicted molar refractivity (Wildman–Crippen MR) is 66.1 cm³/mol. The van der Waals surface area contributed by atoms with Gasteiger partial charge >= 0.3 is 7.60 Å². The molecule has 0 spiro atoms. The number of hydrogen-bond acceptors (Lipinski definition) is 5. The van der Waals surface area contributed by atoms with Crippen molar-refractivity contribution in [2.45, 2.75) is 20.0 Å². The van der Waals surface area contributed by atoms with Gasteiger partial charge in [0.15, 0.2) is 0 Å². The van der Waals surface area contributed by atoms with Crippen LogP contribution in [-0.4, -0.2) is 50.1 Å². The number of rotatable bonds is 8.